The van der Waals surface area contributed by atoms with E-state index in [-0.39, 0.29) is 6.10 Å². The number of aliphatic hydroxyl groups is 1. The first-order valence-corrected chi connectivity index (χ1v) is 5.85. The zero-order valence-corrected chi connectivity index (χ0v) is 11.0. The van der Waals surface area contributed by atoms with Crippen molar-refractivity contribution in [3.05, 3.63) is 13.7 Å². The van der Waals surface area contributed by atoms with Crippen LogP contribution >= 0.6 is 45.2 Å². The average molecular weight is 392 g/mol. The largest absolute Gasteiger partial charge is 0.391 e. The van der Waals surface area contributed by atoms with Gasteiger partial charge in [0.2, 0.25) is 0 Å². The van der Waals surface area contributed by atoms with Gasteiger partial charge in [-0.25, -0.2) is 4.98 Å². The summed E-state index contributed by atoms with van der Waals surface area (Å²) < 4.78 is 4.06. The molecule has 1 N–H and O–H groups in total. The summed E-state index contributed by atoms with van der Waals surface area (Å²) in [6.07, 6.45) is 2.29. The zero-order valence-electron chi connectivity index (χ0n) is 6.67. The van der Waals surface area contributed by atoms with E-state index in [4.69, 9.17) is 0 Å². The molecule has 12 heavy (non-hydrogen) atoms. The van der Waals surface area contributed by atoms with Gasteiger partial charge in [0.25, 0.3) is 0 Å². The standard InChI is InChI=1S/C7H10I2N2O/c1-2-5(12)3-11-4-10-6(8)7(11)9/h4-5,12H,2-3H2,1H3/t5-/m0/s1. The van der Waals surface area contributed by atoms with Gasteiger partial charge in [-0.05, 0) is 51.6 Å². The van der Waals surface area contributed by atoms with Crippen LogP contribution in [-0.2, 0) is 6.54 Å². The summed E-state index contributed by atoms with van der Waals surface area (Å²) in [7, 11) is 0. The summed E-state index contributed by atoms with van der Waals surface area (Å²) in [5, 5.41) is 9.39. The SMILES string of the molecule is CC[C@H](O)Cn1cnc(I)c1I. The Hall–Kier alpha value is 0.630. The van der Waals surface area contributed by atoms with E-state index in [9.17, 15) is 5.11 Å². The Morgan fingerprint density at radius 3 is 2.75 bits per heavy atom. The quantitative estimate of drug-likeness (QED) is 0.799. The molecule has 0 aromatic carbocycles. The summed E-state index contributed by atoms with van der Waals surface area (Å²) in [6.45, 7) is 2.62. The van der Waals surface area contributed by atoms with Gasteiger partial charge in [0.15, 0.2) is 0 Å². The lowest BCUT2D eigenvalue weighted by Crippen LogP contribution is -2.15. The average Bonchev–Trinajstić information content (AvgIpc) is 2.36. The van der Waals surface area contributed by atoms with E-state index in [1.54, 1.807) is 6.33 Å². The maximum atomic E-state index is 9.39. The first-order valence-electron chi connectivity index (χ1n) is 3.69. The number of hydrogen-bond donors (Lipinski definition) is 1. The van der Waals surface area contributed by atoms with Gasteiger partial charge in [-0.2, -0.15) is 0 Å². The number of nitrogens with zero attached hydrogens (tertiary/aromatic N) is 2. The highest BCUT2D eigenvalue weighted by molar-refractivity contribution is 14.1. The van der Waals surface area contributed by atoms with Crippen LogP contribution in [0.25, 0.3) is 0 Å². The minimum Gasteiger partial charge on any atom is -0.391 e. The van der Waals surface area contributed by atoms with Gasteiger partial charge < -0.3 is 9.67 Å². The maximum Gasteiger partial charge on any atom is 0.132 e. The van der Waals surface area contributed by atoms with Gasteiger partial charge in [-0.1, -0.05) is 6.92 Å². The molecule has 0 fully saturated rings. The predicted octanol–water partition coefficient (Wildman–Crippen LogP) is 1.86. The number of aromatic nitrogens is 2. The van der Waals surface area contributed by atoms with Crippen molar-refractivity contribution >= 4 is 45.2 Å². The molecule has 0 aliphatic carbocycles. The third-order valence-electron chi connectivity index (χ3n) is 1.61. The van der Waals surface area contributed by atoms with Crippen molar-refractivity contribution in [2.24, 2.45) is 0 Å². The lowest BCUT2D eigenvalue weighted by molar-refractivity contribution is 0.149. The van der Waals surface area contributed by atoms with Crippen LogP contribution in [0.3, 0.4) is 0 Å². The lowest BCUT2D eigenvalue weighted by Gasteiger charge is -2.08. The van der Waals surface area contributed by atoms with Crippen molar-refractivity contribution in [1.29, 1.82) is 0 Å². The van der Waals surface area contributed by atoms with Gasteiger partial charge in [0, 0.05) is 0 Å². The fourth-order valence-corrected chi connectivity index (χ4v) is 1.72. The molecule has 1 aromatic heterocycles. The molecule has 0 saturated carbocycles. The number of hydrogen-bond acceptors (Lipinski definition) is 2. The normalized spacial score (nSPS) is 13.3. The molecule has 68 valence electrons. The van der Waals surface area contributed by atoms with Crippen LogP contribution in [0.2, 0.25) is 0 Å². The van der Waals surface area contributed by atoms with Crippen LogP contribution in [0.5, 0.6) is 0 Å². The molecule has 3 nitrogen and oxygen atoms in total. The smallest absolute Gasteiger partial charge is 0.132 e. The maximum absolute atomic E-state index is 9.39. The first kappa shape index (κ1) is 10.7. The Morgan fingerprint density at radius 1 is 1.67 bits per heavy atom. The molecule has 1 rings (SSSR count). The van der Waals surface area contributed by atoms with E-state index < -0.39 is 0 Å². The molecule has 0 saturated heterocycles. The second kappa shape index (κ2) is 4.75. The Labute approximate surface area is 98.8 Å². The molecule has 5 heteroatoms. The molecule has 0 unspecified atom stereocenters. The molecular weight excluding hydrogens is 382 g/mol. The van der Waals surface area contributed by atoms with E-state index in [2.05, 4.69) is 50.2 Å². The van der Waals surface area contributed by atoms with E-state index >= 15 is 0 Å². The van der Waals surface area contributed by atoms with Gasteiger partial charge in [-0.15, -0.1) is 0 Å². The second-order valence-electron chi connectivity index (χ2n) is 2.54. The van der Waals surface area contributed by atoms with Crippen LogP contribution in [0.15, 0.2) is 6.33 Å². The summed E-state index contributed by atoms with van der Waals surface area (Å²) in [5.74, 6) is 0. The molecule has 0 bridgehead atoms. The van der Waals surface area contributed by atoms with Crippen molar-refractivity contribution in [2.75, 3.05) is 0 Å². The third kappa shape index (κ3) is 2.56. The fraction of sp³-hybridized carbons (Fsp3) is 0.571. The fourth-order valence-electron chi connectivity index (χ4n) is 0.826. The van der Waals surface area contributed by atoms with Crippen molar-refractivity contribution in [3.8, 4) is 0 Å². The Balaban J connectivity index is 2.69. The highest BCUT2D eigenvalue weighted by atomic mass is 127. The molecule has 1 heterocycles. The summed E-state index contributed by atoms with van der Waals surface area (Å²) in [4.78, 5) is 4.13. The second-order valence-corrected chi connectivity index (χ2v) is 4.58. The van der Waals surface area contributed by atoms with Gasteiger partial charge >= 0.3 is 0 Å². The molecular formula is C7H10I2N2O. The van der Waals surface area contributed by atoms with Crippen LogP contribution in [0.1, 0.15) is 13.3 Å². The Kier molecular flexibility index (Phi) is 4.24. The minimum atomic E-state index is -0.261. The Bertz CT molecular complexity index is 262. The summed E-state index contributed by atoms with van der Waals surface area (Å²) in [5.41, 5.74) is 0. The predicted molar refractivity (Wildman–Crippen MR) is 64.0 cm³/mol. The highest BCUT2D eigenvalue weighted by Gasteiger charge is 2.07. The number of rotatable bonds is 3. The number of imidazole rings is 1. The van der Waals surface area contributed by atoms with Crippen LogP contribution in [0, 0.1) is 7.40 Å². The topological polar surface area (TPSA) is 38.0 Å². The van der Waals surface area contributed by atoms with Crippen LogP contribution < -0.4 is 0 Å². The van der Waals surface area contributed by atoms with Crippen molar-refractivity contribution in [1.82, 2.24) is 9.55 Å². The van der Waals surface area contributed by atoms with Crippen molar-refractivity contribution in [2.45, 2.75) is 26.0 Å². The van der Waals surface area contributed by atoms with Gasteiger partial charge in [-0.3, -0.25) is 0 Å². The van der Waals surface area contributed by atoms with E-state index in [0.717, 1.165) is 13.8 Å². The molecule has 1 aromatic rings. The van der Waals surface area contributed by atoms with Crippen LogP contribution in [-0.4, -0.2) is 20.8 Å². The third-order valence-corrected chi connectivity index (χ3v) is 4.56. The first-order chi connectivity index (χ1) is 5.65. The lowest BCUT2D eigenvalue weighted by atomic mass is 10.3. The van der Waals surface area contributed by atoms with E-state index in [0.29, 0.717) is 6.54 Å². The molecule has 0 aliphatic rings. The van der Waals surface area contributed by atoms with E-state index in [1.807, 2.05) is 11.5 Å². The van der Waals surface area contributed by atoms with Crippen molar-refractivity contribution < 1.29 is 5.11 Å². The van der Waals surface area contributed by atoms with Gasteiger partial charge in [0.05, 0.1) is 19.0 Å². The van der Waals surface area contributed by atoms with Gasteiger partial charge in [0.1, 0.15) is 7.40 Å². The molecule has 1 atom stereocenters. The number of aliphatic hydroxyl groups excluding tert-OH is 1. The molecule has 0 amide bonds. The molecule has 0 spiro atoms. The van der Waals surface area contributed by atoms with Crippen molar-refractivity contribution in [3.63, 3.8) is 0 Å². The van der Waals surface area contributed by atoms with Crippen LogP contribution in [0.4, 0.5) is 0 Å². The summed E-state index contributed by atoms with van der Waals surface area (Å²) in [6, 6.07) is 0. The molecule has 0 aliphatic heterocycles. The monoisotopic (exact) mass is 392 g/mol. The number of halogens is 2. The Morgan fingerprint density at radius 2 is 2.33 bits per heavy atom. The van der Waals surface area contributed by atoms with E-state index in [1.165, 1.54) is 0 Å². The summed E-state index contributed by atoms with van der Waals surface area (Å²) >= 11 is 4.41. The highest BCUT2D eigenvalue weighted by Crippen LogP contribution is 2.13. The minimum absolute atomic E-state index is 0.261. The zero-order chi connectivity index (χ0) is 9.14. The molecule has 0 radical (unpaired) electrons.